The van der Waals surface area contributed by atoms with Gasteiger partial charge in [-0.2, -0.15) is 5.06 Å². The van der Waals surface area contributed by atoms with Crippen LogP contribution >= 0.6 is 0 Å². The summed E-state index contributed by atoms with van der Waals surface area (Å²) in [5.74, 6) is 0. The van der Waals surface area contributed by atoms with Gasteiger partial charge in [0.25, 0.3) is 0 Å². The summed E-state index contributed by atoms with van der Waals surface area (Å²) in [5.41, 5.74) is 1.35. The second-order valence-corrected chi connectivity index (χ2v) is 2.35. The Labute approximate surface area is 61.7 Å². The van der Waals surface area contributed by atoms with Crippen LogP contribution in [0.3, 0.4) is 0 Å². The van der Waals surface area contributed by atoms with Gasteiger partial charge >= 0.3 is 0 Å². The second-order valence-electron chi connectivity index (χ2n) is 2.35. The maximum absolute atomic E-state index is 5.11. The van der Waals surface area contributed by atoms with E-state index in [1.54, 1.807) is 7.11 Å². The zero-order valence-electron chi connectivity index (χ0n) is 6.55. The van der Waals surface area contributed by atoms with Gasteiger partial charge < -0.3 is 0 Å². The van der Waals surface area contributed by atoms with Crippen LogP contribution in [-0.2, 0) is 4.84 Å². The Hall–Kier alpha value is -0.600. The van der Waals surface area contributed by atoms with Gasteiger partial charge in [0.15, 0.2) is 0 Å². The minimum absolute atomic E-state index is 0.944. The highest BCUT2D eigenvalue weighted by Crippen LogP contribution is 2.00. The van der Waals surface area contributed by atoms with Crippen molar-refractivity contribution in [2.75, 3.05) is 13.7 Å². The fourth-order valence-electron chi connectivity index (χ4n) is 1.00. The molecule has 56 valence electrons. The molecule has 0 saturated heterocycles. The third-order valence-corrected chi connectivity index (χ3v) is 1.67. The van der Waals surface area contributed by atoms with Crippen molar-refractivity contribution in [1.82, 2.24) is 0 Å². The van der Waals surface area contributed by atoms with E-state index in [-0.39, 0.29) is 0 Å². The zero-order valence-corrected chi connectivity index (χ0v) is 6.55. The van der Waals surface area contributed by atoms with Gasteiger partial charge in [-0.3, -0.25) is 0 Å². The smallest absolute Gasteiger partial charge is 0.131 e. The third-order valence-electron chi connectivity index (χ3n) is 1.67. The SMILES string of the molecule is CCC1=C[NH+](OC)CC=C1. The molecule has 0 aromatic heterocycles. The van der Waals surface area contributed by atoms with Gasteiger partial charge in [-0.1, -0.05) is 13.0 Å². The van der Waals surface area contributed by atoms with Crippen molar-refractivity contribution in [3.63, 3.8) is 0 Å². The first-order valence-electron chi connectivity index (χ1n) is 3.63. The standard InChI is InChI=1S/C8H13NO/c1-3-8-5-4-6-9(7-8)10-2/h4-5,7H,3,6H2,1-2H3/p+1. The molecule has 0 bridgehead atoms. The number of hydroxylamine groups is 2. The highest BCUT2D eigenvalue weighted by molar-refractivity contribution is 5.17. The summed E-state index contributed by atoms with van der Waals surface area (Å²) in [6.07, 6.45) is 7.49. The Morgan fingerprint density at radius 3 is 3.10 bits per heavy atom. The molecule has 0 aromatic rings. The largest absolute Gasteiger partial charge is 0.203 e. The molecule has 10 heavy (non-hydrogen) atoms. The van der Waals surface area contributed by atoms with E-state index in [9.17, 15) is 0 Å². The Morgan fingerprint density at radius 2 is 2.50 bits per heavy atom. The molecule has 1 rings (SSSR count). The fourth-order valence-corrected chi connectivity index (χ4v) is 1.00. The van der Waals surface area contributed by atoms with Crippen LogP contribution in [0, 0.1) is 0 Å². The van der Waals surface area contributed by atoms with Gasteiger partial charge in [0.1, 0.15) is 12.7 Å². The number of quaternary nitrogens is 1. The Morgan fingerprint density at radius 1 is 1.70 bits per heavy atom. The molecule has 0 radical (unpaired) electrons. The maximum atomic E-state index is 5.11. The number of allylic oxidation sites excluding steroid dienone is 2. The molecule has 0 aliphatic carbocycles. The van der Waals surface area contributed by atoms with Gasteiger partial charge in [-0.15, -0.1) is 0 Å². The van der Waals surface area contributed by atoms with Crippen LogP contribution in [0.1, 0.15) is 13.3 Å². The van der Waals surface area contributed by atoms with Crippen LogP contribution in [0.25, 0.3) is 0 Å². The average molecular weight is 140 g/mol. The van der Waals surface area contributed by atoms with E-state index < -0.39 is 0 Å². The van der Waals surface area contributed by atoms with Gasteiger partial charge in [-0.05, 0) is 12.5 Å². The van der Waals surface area contributed by atoms with Crippen LogP contribution < -0.4 is 5.06 Å². The van der Waals surface area contributed by atoms with Gasteiger partial charge in [0, 0.05) is 5.57 Å². The molecule has 1 N–H and O–H groups in total. The molecule has 1 unspecified atom stereocenters. The maximum Gasteiger partial charge on any atom is 0.131 e. The zero-order chi connectivity index (χ0) is 7.40. The van der Waals surface area contributed by atoms with E-state index in [0.717, 1.165) is 18.0 Å². The summed E-state index contributed by atoms with van der Waals surface area (Å²) in [5, 5.41) is 1.07. The fraction of sp³-hybridized carbons (Fsp3) is 0.500. The summed E-state index contributed by atoms with van der Waals surface area (Å²) in [6, 6.07) is 0. The normalized spacial score (nSPS) is 24.6. The van der Waals surface area contributed by atoms with Crippen molar-refractivity contribution in [3.05, 3.63) is 23.9 Å². The molecular weight excluding hydrogens is 126 g/mol. The monoisotopic (exact) mass is 140 g/mol. The van der Waals surface area contributed by atoms with Crippen molar-refractivity contribution in [1.29, 1.82) is 0 Å². The van der Waals surface area contributed by atoms with E-state index in [2.05, 4.69) is 25.3 Å². The summed E-state index contributed by atoms with van der Waals surface area (Å²) < 4.78 is 0. The molecule has 0 fully saturated rings. The molecule has 0 saturated carbocycles. The minimum Gasteiger partial charge on any atom is -0.203 e. The first kappa shape index (κ1) is 7.51. The number of nitrogens with one attached hydrogen (secondary N) is 1. The van der Waals surface area contributed by atoms with E-state index in [1.165, 1.54) is 5.57 Å². The van der Waals surface area contributed by atoms with Crippen molar-refractivity contribution in [3.8, 4) is 0 Å². The second kappa shape index (κ2) is 3.54. The molecule has 1 atom stereocenters. The summed E-state index contributed by atoms with van der Waals surface area (Å²) >= 11 is 0. The molecule has 2 heteroatoms. The predicted octanol–water partition coefficient (Wildman–Crippen LogP) is 0.296. The molecule has 0 amide bonds. The Kier molecular flexibility index (Phi) is 2.66. The lowest BCUT2D eigenvalue weighted by molar-refractivity contribution is -1.04. The van der Waals surface area contributed by atoms with Gasteiger partial charge in [0.05, 0.1) is 7.11 Å². The van der Waals surface area contributed by atoms with Gasteiger partial charge in [-0.25, -0.2) is 4.84 Å². The quantitative estimate of drug-likeness (QED) is 0.582. The van der Waals surface area contributed by atoms with Gasteiger partial charge in [0.2, 0.25) is 0 Å². The lowest BCUT2D eigenvalue weighted by atomic mass is 10.2. The van der Waals surface area contributed by atoms with Crippen molar-refractivity contribution in [2.24, 2.45) is 0 Å². The first-order chi connectivity index (χ1) is 4.86. The average Bonchev–Trinajstić information content (AvgIpc) is 2.05. The molecule has 2 nitrogen and oxygen atoms in total. The van der Waals surface area contributed by atoms with E-state index in [0.29, 0.717) is 0 Å². The molecule has 0 spiro atoms. The molecular formula is C8H14NO+. The summed E-state index contributed by atoms with van der Waals surface area (Å²) in [7, 11) is 1.72. The van der Waals surface area contributed by atoms with Crippen molar-refractivity contribution in [2.45, 2.75) is 13.3 Å². The lowest BCUT2D eigenvalue weighted by Crippen LogP contribution is -3.06. The number of rotatable bonds is 2. The third kappa shape index (κ3) is 1.69. The Bertz CT molecular complexity index is 161. The minimum atomic E-state index is 0.944. The molecule has 1 heterocycles. The molecule has 1 aliphatic rings. The summed E-state index contributed by atoms with van der Waals surface area (Å²) in [6.45, 7) is 3.09. The molecule has 1 aliphatic heterocycles. The molecule has 0 aromatic carbocycles. The van der Waals surface area contributed by atoms with Crippen LogP contribution in [0.4, 0.5) is 0 Å². The number of hydrogen-bond donors (Lipinski definition) is 1. The highest BCUT2D eigenvalue weighted by atomic mass is 16.7. The van der Waals surface area contributed by atoms with E-state index in [4.69, 9.17) is 4.84 Å². The number of hydrogen-bond acceptors (Lipinski definition) is 1. The van der Waals surface area contributed by atoms with Crippen molar-refractivity contribution >= 4 is 0 Å². The van der Waals surface area contributed by atoms with E-state index >= 15 is 0 Å². The lowest BCUT2D eigenvalue weighted by Gasteiger charge is -2.12. The van der Waals surface area contributed by atoms with Crippen LogP contribution in [0.15, 0.2) is 23.9 Å². The van der Waals surface area contributed by atoms with Crippen molar-refractivity contribution < 1.29 is 9.90 Å². The van der Waals surface area contributed by atoms with Crippen LogP contribution in [0.5, 0.6) is 0 Å². The van der Waals surface area contributed by atoms with Crippen LogP contribution in [0.2, 0.25) is 0 Å². The highest BCUT2D eigenvalue weighted by Gasteiger charge is 2.06. The topological polar surface area (TPSA) is 13.7 Å². The Balaban J connectivity index is 2.56. The van der Waals surface area contributed by atoms with Crippen LogP contribution in [-0.4, -0.2) is 13.7 Å². The predicted molar refractivity (Wildman–Crippen MR) is 40.4 cm³/mol. The summed E-state index contributed by atoms with van der Waals surface area (Å²) in [4.78, 5) is 5.11. The first-order valence-corrected chi connectivity index (χ1v) is 3.63. The van der Waals surface area contributed by atoms with E-state index in [1.807, 2.05) is 0 Å².